The van der Waals surface area contributed by atoms with Crippen LogP contribution in [-0.2, 0) is 9.53 Å². The van der Waals surface area contributed by atoms with Gasteiger partial charge in [-0.05, 0) is 6.42 Å². The Kier molecular flexibility index (Phi) is 21.2. The lowest BCUT2D eigenvalue weighted by atomic mass is 10.0. The van der Waals surface area contributed by atoms with Gasteiger partial charge in [0.1, 0.15) is 0 Å². The molecule has 0 aromatic rings. The van der Waals surface area contributed by atoms with Crippen molar-refractivity contribution in [3.05, 3.63) is 0 Å². The van der Waals surface area contributed by atoms with Gasteiger partial charge in [0.15, 0.2) is 0 Å². The van der Waals surface area contributed by atoms with Gasteiger partial charge in [-0.2, -0.15) is 0 Å². The predicted molar refractivity (Wildman–Crippen MR) is 115 cm³/mol. The van der Waals surface area contributed by atoms with Gasteiger partial charge in [0.25, 0.3) is 0 Å². The Hall–Kier alpha value is -0.610. The van der Waals surface area contributed by atoms with Gasteiger partial charge in [0.05, 0.1) is 12.7 Å². The number of amides is 1. The largest absolute Gasteiger partial charge is 0.389 e. The Morgan fingerprint density at radius 2 is 1.19 bits per heavy atom. The lowest BCUT2D eigenvalue weighted by Crippen LogP contribution is -2.33. The third kappa shape index (κ3) is 23.4. The molecule has 0 bridgehead atoms. The van der Waals surface area contributed by atoms with E-state index in [1.165, 1.54) is 103 Å². The van der Waals surface area contributed by atoms with Crippen molar-refractivity contribution in [2.24, 2.45) is 0 Å². The molecule has 0 radical (unpaired) electrons. The number of carbonyl (C=O) groups excluding carboxylic acids is 1. The molecular weight excluding hydrogens is 338 g/mol. The molecule has 0 rings (SSSR count). The molecule has 1 atom stereocenters. The molecule has 0 spiro atoms. The van der Waals surface area contributed by atoms with Crippen molar-refractivity contribution < 1.29 is 14.6 Å². The molecule has 0 aliphatic rings. The first kappa shape index (κ1) is 26.4. The fourth-order valence-electron chi connectivity index (χ4n) is 3.29. The molecule has 4 heteroatoms. The van der Waals surface area contributed by atoms with Crippen LogP contribution in [-0.4, -0.2) is 36.9 Å². The monoisotopic (exact) mass is 385 g/mol. The lowest BCUT2D eigenvalue weighted by Gasteiger charge is -2.11. The number of nitrogens with one attached hydrogen (secondary N) is 1. The number of carbonyl (C=O) groups is 1. The summed E-state index contributed by atoms with van der Waals surface area (Å²) in [6.45, 7) is 5.01. The van der Waals surface area contributed by atoms with Gasteiger partial charge < -0.3 is 15.2 Å². The second-order valence-electron chi connectivity index (χ2n) is 7.97. The Balaban J connectivity index is 3.08. The van der Waals surface area contributed by atoms with Crippen LogP contribution in [0.4, 0.5) is 0 Å². The van der Waals surface area contributed by atoms with Crippen molar-refractivity contribution in [1.29, 1.82) is 0 Å². The minimum Gasteiger partial charge on any atom is -0.389 e. The van der Waals surface area contributed by atoms with Crippen molar-refractivity contribution in [3.63, 3.8) is 0 Å². The fourth-order valence-corrected chi connectivity index (χ4v) is 3.29. The van der Waals surface area contributed by atoms with E-state index >= 15 is 0 Å². The van der Waals surface area contributed by atoms with E-state index in [1.807, 2.05) is 0 Å². The van der Waals surface area contributed by atoms with E-state index in [0.29, 0.717) is 13.2 Å². The standard InChI is InChI=1S/C23H47NO3/c1-3-4-5-6-7-8-9-10-11-12-13-14-15-16-17-18-19-27-21-23(26)20-24-22(2)25/h23,26H,3-21H2,1-2H3,(H,24,25). The van der Waals surface area contributed by atoms with E-state index in [4.69, 9.17) is 4.74 Å². The van der Waals surface area contributed by atoms with Crippen LogP contribution in [0.5, 0.6) is 0 Å². The second-order valence-corrected chi connectivity index (χ2v) is 7.97. The van der Waals surface area contributed by atoms with Crippen LogP contribution in [0.2, 0.25) is 0 Å². The molecule has 1 amide bonds. The summed E-state index contributed by atoms with van der Waals surface area (Å²) in [5, 5.41) is 12.2. The Morgan fingerprint density at radius 3 is 1.59 bits per heavy atom. The summed E-state index contributed by atoms with van der Waals surface area (Å²) in [6, 6.07) is 0. The van der Waals surface area contributed by atoms with E-state index in [-0.39, 0.29) is 12.5 Å². The quantitative estimate of drug-likeness (QED) is 0.247. The average molecular weight is 386 g/mol. The fraction of sp³-hybridized carbons (Fsp3) is 0.957. The van der Waals surface area contributed by atoms with Gasteiger partial charge in [-0.3, -0.25) is 4.79 Å². The highest BCUT2D eigenvalue weighted by Crippen LogP contribution is 2.13. The molecule has 0 aromatic carbocycles. The Bertz CT molecular complexity index is 310. The lowest BCUT2D eigenvalue weighted by molar-refractivity contribution is -0.119. The third-order valence-corrected chi connectivity index (χ3v) is 5.04. The highest BCUT2D eigenvalue weighted by Gasteiger charge is 2.04. The van der Waals surface area contributed by atoms with Crippen LogP contribution < -0.4 is 5.32 Å². The smallest absolute Gasteiger partial charge is 0.216 e. The summed E-state index contributed by atoms with van der Waals surface area (Å²) in [7, 11) is 0. The molecular formula is C23H47NO3. The van der Waals surface area contributed by atoms with Crippen molar-refractivity contribution >= 4 is 5.91 Å². The summed E-state index contributed by atoms with van der Waals surface area (Å²) in [5.74, 6) is -0.119. The first-order chi connectivity index (χ1) is 13.2. The molecule has 0 aromatic heterocycles. The summed E-state index contributed by atoms with van der Waals surface area (Å²) in [4.78, 5) is 10.7. The van der Waals surface area contributed by atoms with Crippen LogP contribution in [0, 0.1) is 0 Å². The summed E-state index contributed by atoms with van der Waals surface area (Å²) in [6.07, 6.45) is 21.3. The molecule has 0 aliphatic carbocycles. The zero-order valence-corrected chi connectivity index (χ0v) is 18.3. The second kappa shape index (κ2) is 21.7. The van der Waals surface area contributed by atoms with Gasteiger partial charge in [-0.25, -0.2) is 0 Å². The topological polar surface area (TPSA) is 58.6 Å². The minimum atomic E-state index is -0.602. The Morgan fingerprint density at radius 1 is 0.778 bits per heavy atom. The first-order valence-corrected chi connectivity index (χ1v) is 11.7. The summed E-state index contributed by atoms with van der Waals surface area (Å²) < 4.78 is 5.45. The molecule has 162 valence electrons. The molecule has 1 unspecified atom stereocenters. The molecule has 2 N–H and O–H groups in total. The van der Waals surface area contributed by atoms with E-state index < -0.39 is 6.10 Å². The minimum absolute atomic E-state index is 0.119. The van der Waals surface area contributed by atoms with Gasteiger partial charge in [-0.1, -0.05) is 103 Å². The maximum atomic E-state index is 10.7. The average Bonchev–Trinajstić information content (AvgIpc) is 2.65. The zero-order chi connectivity index (χ0) is 20.0. The van der Waals surface area contributed by atoms with E-state index in [1.54, 1.807) is 0 Å². The maximum absolute atomic E-state index is 10.7. The van der Waals surface area contributed by atoms with Crippen molar-refractivity contribution in [1.82, 2.24) is 5.32 Å². The zero-order valence-electron chi connectivity index (χ0n) is 18.3. The third-order valence-electron chi connectivity index (χ3n) is 5.04. The summed E-state index contributed by atoms with van der Waals surface area (Å²) in [5.41, 5.74) is 0. The molecule has 0 aliphatic heterocycles. The van der Waals surface area contributed by atoms with Crippen molar-refractivity contribution in [2.45, 2.75) is 123 Å². The summed E-state index contributed by atoms with van der Waals surface area (Å²) >= 11 is 0. The maximum Gasteiger partial charge on any atom is 0.216 e. The van der Waals surface area contributed by atoms with Crippen LogP contribution >= 0.6 is 0 Å². The van der Waals surface area contributed by atoms with Crippen LogP contribution in [0.25, 0.3) is 0 Å². The van der Waals surface area contributed by atoms with E-state index in [9.17, 15) is 9.90 Å². The SMILES string of the molecule is CCCCCCCCCCCCCCCCCCOCC(O)CNC(C)=O. The number of rotatable bonds is 21. The number of hydrogen-bond donors (Lipinski definition) is 2. The normalized spacial score (nSPS) is 12.3. The van der Waals surface area contributed by atoms with Crippen molar-refractivity contribution in [2.75, 3.05) is 19.8 Å². The highest BCUT2D eigenvalue weighted by atomic mass is 16.5. The van der Waals surface area contributed by atoms with Gasteiger partial charge in [0, 0.05) is 20.1 Å². The number of unbranched alkanes of at least 4 members (excludes halogenated alkanes) is 15. The number of hydrogen-bond acceptors (Lipinski definition) is 3. The van der Waals surface area contributed by atoms with Crippen LogP contribution in [0.1, 0.15) is 117 Å². The molecule has 0 fully saturated rings. The van der Waals surface area contributed by atoms with Gasteiger partial charge in [0.2, 0.25) is 5.91 Å². The highest BCUT2D eigenvalue weighted by molar-refractivity contribution is 5.72. The van der Waals surface area contributed by atoms with Crippen LogP contribution in [0.15, 0.2) is 0 Å². The number of aliphatic hydroxyl groups excluding tert-OH is 1. The molecule has 0 saturated heterocycles. The van der Waals surface area contributed by atoms with E-state index in [0.717, 1.165) is 6.42 Å². The first-order valence-electron chi connectivity index (χ1n) is 11.7. The predicted octanol–water partition coefficient (Wildman–Crippen LogP) is 5.76. The molecule has 0 saturated carbocycles. The Labute approximate surface area is 168 Å². The number of ether oxygens (including phenoxy) is 1. The molecule has 4 nitrogen and oxygen atoms in total. The molecule has 0 heterocycles. The van der Waals surface area contributed by atoms with Crippen molar-refractivity contribution in [3.8, 4) is 0 Å². The number of aliphatic hydroxyl groups is 1. The van der Waals surface area contributed by atoms with Gasteiger partial charge >= 0.3 is 0 Å². The van der Waals surface area contributed by atoms with E-state index in [2.05, 4.69) is 12.2 Å². The molecule has 27 heavy (non-hydrogen) atoms. The van der Waals surface area contributed by atoms with Crippen LogP contribution in [0.3, 0.4) is 0 Å². The van der Waals surface area contributed by atoms with Gasteiger partial charge in [-0.15, -0.1) is 0 Å².